The van der Waals surface area contributed by atoms with Crippen LogP contribution in [0.25, 0.3) is 0 Å². The molecule has 7 heteroatoms. The second-order valence-corrected chi connectivity index (χ2v) is 4.31. The summed E-state index contributed by atoms with van der Waals surface area (Å²) in [6, 6.07) is 0. The maximum absolute atomic E-state index is 11.5. The van der Waals surface area contributed by atoms with E-state index < -0.39 is 17.4 Å². The van der Waals surface area contributed by atoms with Crippen molar-refractivity contribution < 1.29 is 14.7 Å². The van der Waals surface area contributed by atoms with E-state index in [9.17, 15) is 9.59 Å². The lowest BCUT2D eigenvalue weighted by Gasteiger charge is -2.23. The molecule has 0 aliphatic heterocycles. The highest BCUT2D eigenvalue weighted by Gasteiger charge is 2.25. The Morgan fingerprint density at radius 3 is 2.73 bits per heavy atom. The summed E-state index contributed by atoms with van der Waals surface area (Å²) in [6.45, 7) is 3.28. The fourth-order valence-corrected chi connectivity index (χ4v) is 1.49. The maximum atomic E-state index is 11.5. The van der Waals surface area contributed by atoms with Gasteiger partial charge in [-0.1, -0.05) is 4.49 Å². The summed E-state index contributed by atoms with van der Waals surface area (Å²) in [4.78, 5) is 22.0. The van der Waals surface area contributed by atoms with E-state index >= 15 is 0 Å². The summed E-state index contributed by atoms with van der Waals surface area (Å²) < 4.78 is 3.55. The molecule has 0 aromatic carbocycles. The minimum absolute atomic E-state index is 0.143. The number of carboxylic acid groups (broad SMARTS) is 1. The number of nitrogens with zero attached hydrogens (tertiary/aromatic N) is 2. The van der Waals surface area contributed by atoms with Crippen LogP contribution < -0.4 is 5.32 Å². The Hall–Kier alpha value is -1.50. The van der Waals surface area contributed by atoms with Crippen molar-refractivity contribution >= 4 is 23.4 Å². The minimum Gasteiger partial charge on any atom is -0.481 e. The Bertz CT molecular complexity index is 361. The van der Waals surface area contributed by atoms with E-state index in [1.807, 2.05) is 0 Å². The fourth-order valence-electron chi connectivity index (χ4n) is 1.06. The third kappa shape index (κ3) is 3.62. The number of hydrogen-bond donors (Lipinski definition) is 2. The molecule has 0 fully saturated rings. The van der Waals surface area contributed by atoms with Gasteiger partial charge in [-0.2, -0.15) is 0 Å². The number of aliphatic carboxylic acids is 1. The molecule has 1 aromatic rings. The fraction of sp³-hybridized carbons (Fsp3) is 0.500. The van der Waals surface area contributed by atoms with Gasteiger partial charge in [-0.15, -0.1) is 5.10 Å². The molecule has 0 spiro atoms. The average molecular weight is 229 g/mol. The monoisotopic (exact) mass is 229 g/mol. The van der Waals surface area contributed by atoms with Crippen LogP contribution in [0.4, 0.5) is 0 Å². The van der Waals surface area contributed by atoms with Crippen LogP contribution in [0.5, 0.6) is 0 Å². The van der Waals surface area contributed by atoms with Gasteiger partial charge < -0.3 is 10.4 Å². The Balaban J connectivity index is 2.61. The molecule has 82 valence electrons. The van der Waals surface area contributed by atoms with Gasteiger partial charge in [0.05, 0.1) is 6.42 Å². The van der Waals surface area contributed by atoms with E-state index in [1.165, 1.54) is 5.38 Å². The Labute approximate surface area is 90.5 Å². The van der Waals surface area contributed by atoms with Gasteiger partial charge in [0.2, 0.25) is 0 Å². The molecule has 0 saturated carbocycles. The maximum Gasteiger partial charge on any atom is 0.305 e. The predicted molar refractivity (Wildman–Crippen MR) is 53.7 cm³/mol. The van der Waals surface area contributed by atoms with Crippen molar-refractivity contribution in [3.05, 3.63) is 11.1 Å². The molecule has 1 aromatic heterocycles. The topological polar surface area (TPSA) is 92.2 Å². The van der Waals surface area contributed by atoms with Gasteiger partial charge in [0.25, 0.3) is 5.91 Å². The first kappa shape index (κ1) is 11.6. The quantitative estimate of drug-likeness (QED) is 0.785. The highest BCUT2D eigenvalue weighted by atomic mass is 32.1. The summed E-state index contributed by atoms with van der Waals surface area (Å²) in [5.74, 6) is -1.37. The van der Waals surface area contributed by atoms with E-state index in [4.69, 9.17) is 5.11 Å². The number of hydrogen-bond acceptors (Lipinski definition) is 5. The van der Waals surface area contributed by atoms with E-state index in [-0.39, 0.29) is 12.1 Å². The summed E-state index contributed by atoms with van der Waals surface area (Å²) in [5, 5.41) is 16.3. The van der Waals surface area contributed by atoms with Crippen LogP contribution in [-0.2, 0) is 4.79 Å². The lowest BCUT2D eigenvalue weighted by Crippen LogP contribution is -2.45. The Kier molecular flexibility index (Phi) is 3.35. The van der Waals surface area contributed by atoms with Crippen LogP contribution in [0, 0.1) is 0 Å². The van der Waals surface area contributed by atoms with Crippen LogP contribution in [-0.4, -0.2) is 32.1 Å². The van der Waals surface area contributed by atoms with Gasteiger partial charge in [-0.25, -0.2) is 0 Å². The number of carboxylic acids is 1. The van der Waals surface area contributed by atoms with Gasteiger partial charge in [-0.3, -0.25) is 9.59 Å². The summed E-state index contributed by atoms with van der Waals surface area (Å²) in [6.07, 6.45) is -0.143. The van der Waals surface area contributed by atoms with E-state index in [1.54, 1.807) is 13.8 Å². The third-order valence-corrected chi connectivity index (χ3v) is 2.14. The Morgan fingerprint density at radius 2 is 2.27 bits per heavy atom. The van der Waals surface area contributed by atoms with E-state index in [0.29, 0.717) is 0 Å². The first-order valence-corrected chi connectivity index (χ1v) is 5.06. The second-order valence-electron chi connectivity index (χ2n) is 3.70. The minimum atomic E-state index is -0.961. The summed E-state index contributed by atoms with van der Waals surface area (Å²) >= 11 is 1.07. The summed E-state index contributed by atoms with van der Waals surface area (Å²) in [7, 11) is 0. The van der Waals surface area contributed by atoms with E-state index in [2.05, 4.69) is 14.9 Å². The molecule has 0 atom stereocenters. The molecular weight excluding hydrogens is 218 g/mol. The predicted octanol–water partition coefficient (Wildman–Crippen LogP) is 0.521. The third-order valence-electron chi connectivity index (χ3n) is 1.64. The molecule has 1 heterocycles. The first-order chi connectivity index (χ1) is 6.91. The molecule has 0 unspecified atom stereocenters. The van der Waals surface area contributed by atoms with E-state index in [0.717, 1.165) is 11.5 Å². The standard InChI is InChI=1S/C8H11N3O3S/c1-8(2,3-6(12)13)9-7(14)5-4-15-11-10-5/h4H,3H2,1-2H3,(H,9,14)(H,12,13). The number of amides is 1. The molecule has 2 N–H and O–H groups in total. The van der Waals surface area contributed by atoms with Gasteiger partial charge in [0, 0.05) is 10.9 Å². The van der Waals surface area contributed by atoms with Crippen LogP contribution in [0.1, 0.15) is 30.8 Å². The van der Waals surface area contributed by atoms with Crippen molar-refractivity contribution in [1.82, 2.24) is 14.9 Å². The number of carbonyl (C=O) groups is 2. The molecule has 1 rings (SSSR count). The molecular formula is C8H11N3O3S. The zero-order chi connectivity index (χ0) is 11.5. The summed E-state index contributed by atoms with van der Waals surface area (Å²) in [5.41, 5.74) is -0.592. The van der Waals surface area contributed by atoms with Crippen LogP contribution in [0.2, 0.25) is 0 Å². The normalized spacial score (nSPS) is 11.1. The SMILES string of the molecule is CC(C)(CC(=O)O)NC(=O)c1csnn1. The molecule has 0 radical (unpaired) electrons. The first-order valence-electron chi connectivity index (χ1n) is 4.22. The molecule has 1 amide bonds. The van der Waals surface area contributed by atoms with Gasteiger partial charge in [0.1, 0.15) is 0 Å². The van der Waals surface area contributed by atoms with Crippen molar-refractivity contribution in [2.45, 2.75) is 25.8 Å². The molecule has 0 aliphatic rings. The van der Waals surface area contributed by atoms with Crippen molar-refractivity contribution in [1.29, 1.82) is 0 Å². The van der Waals surface area contributed by atoms with Gasteiger partial charge in [0.15, 0.2) is 5.69 Å². The molecule has 15 heavy (non-hydrogen) atoms. The van der Waals surface area contributed by atoms with Crippen LogP contribution >= 0.6 is 11.5 Å². The van der Waals surface area contributed by atoms with Crippen LogP contribution in [0.3, 0.4) is 0 Å². The molecule has 0 saturated heterocycles. The Morgan fingerprint density at radius 1 is 1.60 bits per heavy atom. The zero-order valence-electron chi connectivity index (χ0n) is 8.35. The highest BCUT2D eigenvalue weighted by molar-refractivity contribution is 7.03. The van der Waals surface area contributed by atoms with Crippen molar-refractivity contribution in [2.75, 3.05) is 0 Å². The lowest BCUT2D eigenvalue weighted by molar-refractivity contribution is -0.138. The highest BCUT2D eigenvalue weighted by Crippen LogP contribution is 2.09. The number of rotatable bonds is 4. The van der Waals surface area contributed by atoms with Crippen LogP contribution in [0.15, 0.2) is 5.38 Å². The van der Waals surface area contributed by atoms with Crippen molar-refractivity contribution in [2.24, 2.45) is 0 Å². The zero-order valence-corrected chi connectivity index (χ0v) is 9.17. The van der Waals surface area contributed by atoms with Crippen molar-refractivity contribution in [3.63, 3.8) is 0 Å². The van der Waals surface area contributed by atoms with Gasteiger partial charge in [-0.05, 0) is 25.4 Å². The lowest BCUT2D eigenvalue weighted by atomic mass is 10.0. The smallest absolute Gasteiger partial charge is 0.305 e. The molecule has 0 bridgehead atoms. The van der Waals surface area contributed by atoms with Crippen molar-refractivity contribution in [3.8, 4) is 0 Å². The molecule has 0 aliphatic carbocycles. The number of carbonyl (C=O) groups excluding carboxylic acids is 1. The average Bonchev–Trinajstić information content (AvgIpc) is 2.50. The largest absolute Gasteiger partial charge is 0.481 e. The second kappa shape index (κ2) is 4.35. The number of aromatic nitrogens is 2. The molecule has 6 nitrogen and oxygen atoms in total. The number of nitrogens with one attached hydrogen (secondary N) is 1. The van der Waals surface area contributed by atoms with Gasteiger partial charge >= 0.3 is 5.97 Å².